The van der Waals surface area contributed by atoms with E-state index in [9.17, 15) is 4.39 Å². The van der Waals surface area contributed by atoms with Crippen molar-refractivity contribution in [2.24, 2.45) is 0 Å². The van der Waals surface area contributed by atoms with E-state index in [2.05, 4.69) is 24.1 Å². The van der Waals surface area contributed by atoms with Gasteiger partial charge in [0.25, 0.3) is 0 Å². The topological polar surface area (TPSA) is 15.3 Å². The van der Waals surface area contributed by atoms with Crippen LogP contribution in [-0.2, 0) is 6.54 Å². The van der Waals surface area contributed by atoms with E-state index in [1.165, 1.54) is 6.07 Å². The molecular weight excluding hydrogens is 275 g/mol. The highest BCUT2D eigenvalue weighted by Gasteiger charge is 2.30. The molecule has 1 heterocycles. The van der Waals surface area contributed by atoms with Crippen LogP contribution in [0.1, 0.15) is 38.7 Å². The zero-order chi connectivity index (χ0) is 14.6. The molecule has 1 aliphatic rings. The fourth-order valence-corrected chi connectivity index (χ4v) is 3.18. The molecule has 20 heavy (non-hydrogen) atoms. The minimum absolute atomic E-state index is 0.209. The molecule has 1 aromatic rings. The molecule has 2 nitrogen and oxygen atoms in total. The molecule has 0 radical (unpaired) electrons. The maximum Gasteiger partial charge on any atom is 0.141 e. The Bertz CT molecular complexity index is 446. The standard InChI is InChI=1S/C16H24ClFN2/c1-3-16(4-2)12-20(9-5-8-19-16)11-13-6-7-15(18)14(17)10-13/h6-7,10,19H,3-5,8-9,11-12H2,1-2H3. The van der Waals surface area contributed by atoms with Crippen LogP contribution in [0.25, 0.3) is 0 Å². The van der Waals surface area contributed by atoms with Crippen molar-refractivity contribution in [1.29, 1.82) is 0 Å². The zero-order valence-corrected chi connectivity index (χ0v) is 13.1. The Morgan fingerprint density at radius 1 is 1.35 bits per heavy atom. The summed E-state index contributed by atoms with van der Waals surface area (Å²) in [6, 6.07) is 5.04. The second-order valence-corrected chi connectivity index (χ2v) is 6.13. The van der Waals surface area contributed by atoms with Gasteiger partial charge in [0.05, 0.1) is 5.02 Å². The Morgan fingerprint density at radius 3 is 2.75 bits per heavy atom. The average molecular weight is 299 g/mol. The molecule has 0 unspecified atom stereocenters. The molecule has 0 amide bonds. The van der Waals surface area contributed by atoms with Crippen molar-refractivity contribution in [3.8, 4) is 0 Å². The number of nitrogens with zero attached hydrogens (tertiary/aromatic N) is 1. The summed E-state index contributed by atoms with van der Waals surface area (Å²) in [4.78, 5) is 2.45. The Balaban J connectivity index is 2.08. The molecule has 0 atom stereocenters. The molecule has 1 N–H and O–H groups in total. The molecule has 1 saturated heterocycles. The van der Waals surface area contributed by atoms with Crippen LogP contribution in [0, 0.1) is 5.82 Å². The van der Waals surface area contributed by atoms with Crippen molar-refractivity contribution >= 4 is 11.6 Å². The third kappa shape index (κ3) is 3.72. The SMILES string of the molecule is CCC1(CC)CN(Cc2ccc(F)c(Cl)c2)CCCN1. The number of hydrogen-bond donors (Lipinski definition) is 1. The number of benzene rings is 1. The third-order valence-corrected chi connectivity index (χ3v) is 4.71. The second-order valence-electron chi connectivity index (χ2n) is 5.73. The lowest BCUT2D eigenvalue weighted by Crippen LogP contribution is -2.50. The van der Waals surface area contributed by atoms with E-state index in [1.807, 2.05) is 6.07 Å². The summed E-state index contributed by atoms with van der Waals surface area (Å²) in [5.74, 6) is -0.343. The van der Waals surface area contributed by atoms with Crippen LogP contribution in [0.5, 0.6) is 0 Å². The molecule has 0 aliphatic carbocycles. The minimum atomic E-state index is -0.343. The van der Waals surface area contributed by atoms with Gasteiger partial charge in [-0.2, -0.15) is 0 Å². The molecule has 2 rings (SSSR count). The third-order valence-electron chi connectivity index (χ3n) is 4.42. The zero-order valence-electron chi connectivity index (χ0n) is 12.4. The lowest BCUT2D eigenvalue weighted by Gasteiger charge is -2.35. The quantitative estimate of drug-likeness (QED) is 0.909. The van der Waals surface area contributed by atoms with E-state index in [0.29, 0.717) is 0 Å². The highest BCUT2D eigenvalue weighted by atomic mass is 35.5. The Kier molecular flexibility index (Phi) is 5.42. The average Bonchev–Trinajstić information content (AvgIpc) is 2.66. The highest BCUT2D eigenvalue weighted by molar-refractivity contribution is 6.30. The first-order valence-electron chi connectivity index (χ1n) is 7.50. The molecule has 0 bridgehead atoms. The van der Waals surface area contributed by atoms with Gasteiger partial charge < -0.3 is 5.32 Å². The van der Waals surface area contributed by atoms with Gasteiger partial charge in [0.1, 0.15) is 5.82 Å². The van der Waals surface area contributed by atoms with Crippen molar-refractivity contribution in [2.75, 3.05) is 19.6 Å². The maximum absolute atomic E-state index is 13.2. The largest absolute Gasteiger partial charge is 0.310 e. The van der Waals surface area contributed by atoms with Gasteiger partial charge in [-0.05, 0) is 50.0 Å². The van der Waals surface area contributed by atoms with E-state index >= 15 is 0 Å². The first kappa shape index (κ1) is 15.7. The lowest BCUT2D eigenvalue weighted by molar-refractivity contribution is 0.191. The minimum Gasteiger partial charge on any atom is -0.310 e. The van der Waals surface area contributed by atoms with E-state index in [4.69, 9.17) is 11.6 Å². The summed E-state index contributed by atoms with van der Waals surface area (Å²) in [6.45, 7) is 8.51. The summed E-state index contributed by atoms with van der Waals surface area (Å²) in [6.07, 6.45) is 3.41. The van der Waals surface area contributed by atoms with E-state index in [0.717, 1.165) is 51.0 Å². The lowest BCUT2D eigenvalue weighted by atomic mass is 9.92. The summed E-state index contributed by atoms with van der Waals surface area (Å²) in [7, 11) is 0. The van der Waals surface area contributed by atoms with Gasteiger partial charge in [-0.3, -0.25) is 4.90 Å². The fraction of sp³-hybridized carbons (Fsp3) is 0.625. The maximum atomic E-state index is 13.2. The first-order valence-corrected chi connectivity index (χ1v) is 7.87. The van der Waals surface area contributed by atoms with Gasteiger partial charge >= 0.3 is 0 Å². The summed E-state index contributed by atoms with van der Waals surface area (Å²) in [5.41, 5.74) is 1.29. The molecule has 0 aromatic heterocycles. The smallest absolute Gasteiger partial charge is 0.141 e. The summed E-state index contributed by atoms with van der Waals surface area (Å²) in [5, 5.41) is 3.92. The van der Waals surface area contributed by atoms with E-state index in [-0.39, 0.29) is 16.4 Å². The van der Waals surface area contributed by atoms with E-state index in [1.54, 1.807) is 6.07 Å². The Morgan fingerprint density at radius 2 is 2.10 bits per heavy atom. The van der Waals surface area contributed by atoms with Crippen LogP contribution >= 0.6 is 11.6 Å². The predicted molar refractivity (Wildman–Crippen MR) is 82.6 cm³/mol. The van der Waals surface area contributed by atoms with Crippen LogP contribution in [0.15, 0.2) is 18.2 Å². The van der Waals surface area contributed by atoms with Crippen molar-refractivity contribution < 1.29 is 4.39 Å². The molecule has 0 saturated carbocycles. The Labute approximate surface area is 126 Å². The van der Waals surface area contributed by atoms with Crippen molar-refractivity contribution in [3.05, 3.63) is 34.6 Å². The van der Waals surface area contributed by atoms with E-state index < -0.39 is 0 Å². The molecule has 1 aromatic carbocycles. The molecule has 0 spiro atoms. The van der Waals surface area contributed by atoms with Crippen LogP contribution in [0.2, 0.25) is 5.02 Å². The van der Waals surface area contributed by atoms with Crippen LogP contribution in [-0.4, -0.2) is 30.1 Å². The number of hydrogen-bond acceptors (Lipinski definition) is 2. The van der Waals surface area contributed by atoms with Gasteiger partial charge in [0.15, 0.2) is 0 Å². The molecule has 112 valence electrons. The van der Waals surface area contributed by atoms with Crippen LogP contribution < -0.4 is 5.32 Å². The van der Waals surface area contributed by atoms with Gasteiger partial charge in [-0.15, -0.1) is 0 Å². The highest BCUT2D eigenvalue weighted by Crippen LogP contribution is 2.22. The van der Waals surface area contributed by atoms with Gasteiger partial charge in [-0.25, -0.2) is 4.39 Å². The van der Waals surface area contributed by atoms with Crippen LogP contribution in [0.4, 0.5) is 4.39 Å². The second kappa shape index (κ2) is 6.88. The van der Waals surface area contributed by atoms with Gasteiger partial charge in [-0.1, -0.05) is 31.5 Å². The predicted octanol–water partition coefficient (Wildman–Crippen LogP) is 3.83. The number of halogens is 2. The molecule has 1 aliphatic heterocycles. The summed E-state index contributed by atoms with van der Waals surface area (Å²) >= 11 is 5.87. The van der Waals surface area contributed by atoms with Crippen LogP contribution in [0.3, 0.4) is 0 Å². The normalized spacial score (nSPS) is 19.8. The van der Waals surface area contributed by atoms with Gasteiger partial charge in [0.2, 0.25) is 0 Å². The fourth-order valence-electron chi connectivity index (χ4n) is 2.97. The molecule has 1 fully saturated rings. The number of rotatable bonds is 4. The summed E-state index contributed by atoms with van der Waals surface area (Å²) < 4.78 is 13.2. The van der Waals surface area contributed by atoms with Crippen molar-refractivity contribution in [3.63, 3.8) is 0 Å². The molecule has 4 heteroatoms. The monoisotopic (exact) mass is 298 g/mol. The number of nitrogens with one attached hydrogen (secondary N) is 1. The van der Waals surface area contributed by atoms with Crippen molar-refractivity contribution in [1.82, 2.24) is 10.2 Å². The Hall–Kier alpha value is -0.640. The molecular formula is C16H24ClFN2. The van der Waals surface area contributed by atoms with Gasteiger partial charge in [0, 0.05) is 18.6 Å². The first-order chi connectivity index (χ1) is 9.58. The van der Waals surface area contributed by atoms with Crippen molar-refractivity contribution in [2.45, 2.75) is 45.2 Å².